The fraction of sp³-hybridized carbons (Fsp3) is 0.227. The van der Waals surface area contributed by atoms with Gasteiger partial charge in [-0.25, -0.2) is 0 Å². The highest BCUT2D eigenvalue weighted by molar-refractivity contribution is 7.80. The summed E-state index contributed by atoms with van der Waals surface area (Å²) in [5, 5.41) is 9.48. The van der Waals surface area contributed by atoms with Crippen LogP contribution in [0.2, 0.25) is 0 Å². The van der Waals surface area contributed by atoms with Gasteiger partial charge in [-0.05, 0) is 49.8 Å². The maximum Gasteiger partial charge on any atom is 0.293 e. The van der Waals surface area contributed by atoms with E-state index in [2.05, 4.69) is 16.0 Å². The third-order valence-corrected chi connectivity index (χ3v) is 4.64. The van der Waals surface area contributed by atoms with E-state index in [9.17, 15) is 9.59 Å². The summed E-state index contributed by atoms with van der Waals surface area (Å²) in [4.78, 5) is 24.4. The van der Waals surface area contributed by atoms with Crippen LogP contribution in [0.4, 0.5) is 11.4 Å². The van der Waals surface area contributed by atoms with Crippen LogP contribution in [0.1, 0.15) is 42.3 Å². The molecule has 0 aliphatic rings. The molecule has 3 rings (SSSR count). The number of unbranched alkanes of at least 4 members (excludes halogenated alkanes) is 1. The van der Waals surface area contributed by atoms with E-state index in [4.69, 9.17) is 16.6 Å². The number of amides is 2. The van der Waals surface area contributed by atoms with Crippen LogP contribution in [0.5, 0.6) is 0 Å². The molecule has 29 heavy (non-hydrogen) atoms. The number of fused-ring (bicyclic) bond motifs is 1. The zero-order valence-electron chi connectivity index (χ0n) is 16.4. The van der Waals surface area contributed by atoms with Crippen molar-refractivity contribution < 1.29 is 14.0 Å². The molecule has 3 aromatic rings. The van der Waals surface area contributed by atoms with E-state index >= 15 is 0 Å². The van der Waals surface area contributed by atoms with Gasteiger partial charge in [0.1, 0.15) is 5.58 Å². The quantitative estimate of drug-likeness (QED) is 0.499. The number of hydrogen-bond acceptors (Lipinski definition) is 4. The Balaban J connectivity index is 1.63. The maximum atomic E-state index is 12.6. The Morgan fingerprint density at radius 2 is 1.76 bits per heavy atom. The van der Waals surface area contributed by atoms with Crippen molar-refractivity contribution in [2.24, 2.45) is 0 Å². The van der Waals surface area contributed by atoms with Crippen LogP contribution in [0, 0.1) is 6.92 Å². The van der Waals surface area contributed by atoms with Gasteiger partial charge in [-0.2, -0.15) is 0 Å². The lowest BCUT2D eigenvalue weighted by Crippen LogP contribution is -2.34. The van der Waals surface area contributed by atoms with Gasteiger partial charge in [-0.15, -0.1) is 0 Å². The standard InChI is InChI=1S/C22H23N3O3S/c1-3-4-12-19(26)23-15-8-7-9-16(13-15)24-22(29)25-21(27)20-14(2)17-10-5-6-11-18(17)28-20/h5-11,13H,3-4,12H2,1-2H3,(H,23,26)(H2,24,25,27,29). The summed E-state index contributed by atoms with van der Waals surface area (Å²) < 4.78 is 5.66. The molecule has 0 saturated heterocycles. The highest BCUT2D eigenvalue weighted by atomic mass is 32.1. The van der Waals surface area contributed by atoms with E-state index < -0.39 is 5.91 Å². The van der Waals surface area contributed by atoms with Gasteiger partial charge in [0.05, 0.1) is 0 Å². The molecular weight excluding hydrogens is 386 g/mol. The largest absolute Gasteiger partial charge is 0.451 e. The summed E-state index contributed by atoms with van der Waals surface area (Å²) in [5.74, 6) is -0.215. The average molecular weight is 410 g/mol. The predicted molar refractivity (Wildman–Crippen MR) is 119 cm³/mol. The second-order valence-corrected chi connectivity index (χ2v) is 7.10. The molecule has 0 radical (unpaired) electrons. The number of nitrogens with one attached hydrogen (secondary N) is 3. The number of carbonyl (C=O) groups excluding carboxylic acids is 2. The van der Waals surface area contributed by atoms with Crippen molar-refractivity contribution in [1.29, 1.82) is 0 Å². The highest BCUT2D eigenvalue weighted by Gasteiger charge is 2.18. The molecule has 3 N–H and O–H groups in total. The number of rotatable bonds is 6. The van der Waals surface area contributed by atoms with Crippen molar-refractivity contribution in [1.82, 2.24) is 5.32 Å². The first-order valence-electron chi connectivity index (χ1n) is 9.48. The molecule has 0 spiro atoms. The van der Waals surface area contributed by atoms with Gasteiger partial charge in [-0.3, -0.25) is 14.9 Å². The van der Waals surface area contributed by atoms with Crippen LogP contribution >= 0.6 is 12.2 Å². The number of para-hydroxylation sites is 1. The van der Waals surface area contributed by atoms with Crippen molar-refractivity contribution in [2.45, 2.75) is 33.1 Å². The molecule has 1 heterocycles. The lowest BCUT2D eigenvalue weighted by molar-refractivity contribution is -0.116. The van der Waals surface area contributed by atoms with Gasteiger partial charge in [0, 0.05) is 28.7 Å². The summed E-state index contributed by atoms with van der Waals surface area (Å²) in [6.07, 6.45) is 2.30. The SMILES string of the molecule is CCCCC(=O)Nc1cccc(NC(=S)NC(=O)c2oc3ccccc3c2C)c1. The zero-order chi connectivity index (χ0) is 20.8. The first kappa shape index (κ1) is 20.5. The van der Waals surface area contributed by atoms with Gasteiger partial charge < -0.3 is 15.1 Å². The number of hydrogen-bond donors (Lipinski definition) is 3. The number of aryl methyl sites for hydroxylation is 1. The average Bonchev–Trinajstić information content (AvgIpc) is 3.03. The molecule has 0 aliphatic carbocycles. The fourth-order valence-electron chi connectivity index (χ4n) is 2.95. The number of carbonyl (C=O) groups is 2. The topological polar surface area (TPSA) is 83.4 Å². The minimum Gasteiger partial charge on any atom is -0.451 e. The van der Waals surface area contributed by atoms with Crippen LogP contribution in [-0.2, 0) is 4.79 Å². The molecule has 150 valence electrons. The van der Waals surface area contributed by atoms with Crippen molar-refractivity contribution in [3.63, 3.8) is 0 Å². The summed E-state index contributed by atoms with van der Waals surface area (Å²) in [7, 11) is 0. The molecule has 0 unspecified atom stereocenters. The highest BCUT2D eigenvalue weighted by Crippen LogP contribution is 2.24. The smallest absolute Gasteiger partial charge is 0.293 e. The third kappa shape index (κ3) is 5.20. The van der Waals surface area contributed by atoms with Crippen LogP contribution < -0.4 is 16.0 Å². The van der Waals surface area contributed by atoms with E-state index in [1.54, 1.807) is 24.3 Å². The zero-order valence-corrected chi connectivity index (χ0v) is 17.2. The van der Waals surface area contributed by atoms with Crippen LogP contribution in [0.15, 0.2) is 52.9 Å². The number of thiocarbonyl (C=S) groups is 1. The Bertz CT molecular complexity index is 1060. The van der Waals surface area contributed by atoms with E-state index in [0.717, 1.165) is 23.8 Å². The molecule has 2 aromatic carbocycles. The molecule has 7 heteroatoms. The Morgan fingerprint density at radius 1 is 1.03 bits per heavy atom. The van der Waals surface area contributed by atoms with Gasteiger partial charge in [-0.1, -0.05) is 37.6 Å². The first-order chi connectivity index (χ1) is 14.0. The first-order valence-corrected chi connectivity index (χ1v) is 9.89. The van der Waals surface area contributed by atoms with Crippen LogP contribution in [0.3, 0.4) is 0 Å². The van der Waals surface area contributed by atoms with E-state index in [0.29, 0.717) is 23.4 Å². The van der Waals surface area contributed by atoms with E-state index in [-0.39, 0.29) is 16.8 Å². The normalized spacial score (nSPS) is 10.6. The number of furan rings is 1. The number of benzene rings is 2. The molecule has 6 nitrogen and oxygen atoms in total. The van der Waals surface area contributed by atoms with Crippen molar-refractivity contribution in [3.05, 3.63) is 59.9 Å². The molecule has 0 aliphatic heterocycles. The van der Waals surface area contributed by atoms with Crippen LogP contribution in [-0.4, -0.2) is 16.9 Å². The summed E-state index contributed by atoms with van der Waals surface area (Å²) in [5.41, 5.74) is 2.74. The van der Waals surface area contributed by atoms with Crippen molar-refractivity contribution >= 4 is 51.5 Å². The van der Waals surface area contributed by atoms with Crippen LogP contribution in [0.25, 0.3) is 11.0 Å². The monoisotopic (exact) mass is 409 g/mol. The van der Waals surface area contributed by atoms with Gasteiger partial charge in [0.2, 0.25) is 5.91 Å². The van der Waals surface area contributed by atoms with Crippen molar-refractivity contribution in [3.8, 4) is 0 Å². The Labute approximate surface area is 174 Å². The second kappa shape index (κ2) is 9.34. The lowest BCUT2D eigenvalue weighted by Gasteiger charge is -2.11. The van der Waals surface area contributed by atoms with Gasteiger partial charge in [0.15, 0.2) is 10.9 Å². The van der Waals surface area contributed by atoms with E-state index in [1.165, 1.54) is 0 Å². The van der Waals surface area contributed by atoms with E-state index in [1.807, 2.05) is 38.1 Å². The third-order valence-electron chi connectivity index (χ3n) is 4.44. The second-order valence-electron chi connectivity index (χ2n) is 6.69. The molecule has 2 amide bonds. The Morgan fingerprint density at radius 3 is 2.48 bits per heavy atom. The fourth-order valence-corrected chi connectivity index (χ4v) is 3.16. The van der Waals surface area contributed by atoms with Gasteiger partial charge >= 0.3 is 0 Å². The minimum absolute atomic E-state index is 0.0276. The summed E-state index contributed by atoms with van der Waals surface area (Å²) in [6, 6.07) is 14.6. The molecule has 0 atom stereocenters. The number of anilines is 2. The molecule has 1 aromatic heterocycles. The lowest BCUT2D eigenvalue weighted by atomic mass is 10.1. The summed E-state index contributed by atoms with van der Waals surface area (Å²) >= 11 is 5.25. The van der Waals surface area contributed by atoms with Gasteiger partial charge in [0.25, 0.3) is 5.91 Å². The maximum absolute atomic E-state index is 12.6. The molecule has 0 fully saturated rings. The summed E-state index contributed by atoms with van der Waals surface area (Å²) in [6.45, 7) is 3.88. The Hall–Kier alpha value is -3.19. The molecule has 0 saturated carbocycles. The predicted octanol–water partition coefficient (Wildman–Crippen LogP) is 5.00. The minimum atomic E-state index is -0.416. The molecular formula is C22H23N3O3S. The molecule has 0 bridgehead atoms. The Kier molecular flexibility index (Phi) is 6.61. The van der Waals surface area contributed by atoms with Crippen molar-refractivity contribution in [2.75, 3.05) is 10.6 Å².